The van der Waals surface area contributed by atoms with E-state index in [0.29, 0.717) is 6.04 Å². The molecule has 0 bridgehead atoms. The molecular formula is C19H25N. The fourth-order valence-corrected chi connectivity index (χ4v) is 3.52. The monoisotopic (exact) mass is 267 g/mol. The summed E-state index contributed by atoms with van der Waals surface area (Å²) >= 11 is 0. The number of hydrogen-bond donors (Lipinski definition) is 1. The van der Waals surface area contributed by atoms with Crippen molar-refractivity contribution in [3.63, 3.8) is 0 Å². The van der Waals surface area contributed by atoms with Crippen molar-refractivity contribution in [1.29, 1.82) is 0 Å². The molecule has 1 heteroatoms. The molecule has 2 aromatic rings. The molecule has 0 radical (unpaired) electrons. The molecular weight excluding hydrogens is 242 g/mol. The highest BCUT2D eigenvalue weighted by molar-refractivity contribution is 5.82. The van der Waals surface area contributed by atoms with Crippen LogP contribution in [0.5, 0.6) is 0 Å². The van der Waals surface area contributed by atoms with Crippen molar-refractivity contribution in [3.8, 4) is 0 Å². The average molecular weight is 267 g/mol. The van der Waals surface area contributed by atoms with Crippen LogP contribution in [0, 0.1) is 5.92 Å². The van der Waals surface area contributed by atoms with Crippen LogP contribution in [0.4, 0.5) is 0 Å². The molecule has 1 aliphatic carbocycles. The molecule has 1 fully saturated rings. The Morgan fingerprint density at radius 3 is 2.55 bits per heavy atom. The van der Waals surface area contributed by atoms with Gasteiger partial charge in [0.05, 0.1) is 0 Å². The Morgan fingerprint density at radius 2 is 1.75 bits per heavy atom. The Bertz CT molecular complexity index is 554. The van der Waals surface area contributed by atoms with E-state index in [4.69, 9.17) is 5.73 Å². The van der Waals surface area contributed by atoms with Crippen LogP contribution in [0.2, 0.25) is 0 Å². The number of rotatable bonds is 5. The fraction of sp³-hybridized carbons (Fsp3) is 0.474. The van der Waals surface area contributed by atoms with E-state index in [2.05, 4.69) is 42.5 Å². The Kier molecular flexibility index (Phi) is 4.37. The van der Waals surface area contributed by atoms with Crippen LogP contribution in [-0.2, 0) is 6.42 Å². The van der Waals surface area contributed by atoms with E-state index >= 15 is 0 Å². The smallest absolute Gasteiger partial charge is 0.00794 e. The lowest BCUT2D eigenvalue weighted by Crippen LogP contribution is -2.23. The zero-order valence-electron chi connectivity index (χ0n) is 12.2. The molecule has 20 heavy (non-hydrogen) atoms. The first-order valence-electron chi connectivity index (χ1n) is 8.04. The van der Waals surface area contributed by atoms with E-state index < -0.39 is 0 Å². The predicted octanol–water partition coefficient (Wildman–Crippen LogP) is 4.68. The largest absolute Gasteiger partial charge is 0.327 e. The molecule has 3 rings (SSSR count). The van der Waals surface area contributed by atoms with Crippen molar-refractivity contribution >= 4 is 10.8 Å². The zero-order chi connectivity index (χ0) is 13.8. The minimum atomic E-state index is 0.316. The molecule has 0 spiro atoms. The third kappa shape index (κ3) is 3.40. The molecule has 2 aromatic carbocycles. The van der Waals surface area contributed by atoms with E-state index in [1.54, 1.807) is 0 Å². The van der Waals surface area contributed by atoms with Crippen LogP contribution in [0.3, 0.4) is 0 Å². The highest BCUT2D eigenvalue weighted by Gasteiger charge is 2.16. The highest BCUT2D eigenvalue weighted by atomic mass is 14.6. The predicted molar refractivity (Wildman–Crippen MR) is 86.8 cm³/mol. The minimum Gasteiger partial charge on any atom is -0.327 e. The highest BCUT2D eigenvalue weighted by Crippen LogP contribution is 2.29. The molecule has 0 aliphatic heterocycles. The van der Waals surface area contributed by atoms with E-state index in [0.717, 1.165) is 12.3 Å². The second-order valence-electron chi connectivity index (χ2n) is 6.37. The average Bonchev–Trinajstić information content (AvgIpc) is 2.98. The molecule has 106 valence electrons. The molecule has 1 unspecified atom stereocenters. The van der Waals surface area contributed by atoms with Gasteiger partial charge in [-0.25, -0.2) is 0 Å². The molecule has 1 saturated carbocycles. The molecule has 0 heterocycles. The summed E-state index contributed by atoms with van der Waals surface area (Å²) in [6.45, 7) is 0. The van der Waals surface area contributed by atoms with E-state index in [9.17, 15) is 0 Å². The van der Waals surface area contributed by atoms with Crippen molar-refractivity contribution in [2.45, 2.75) is 51.0 Å². The third-order valence-corrected chi connectivity index (χ3v) is 4.73. The normalized spacial score (nSPS) is 17.6. The van der Waals surface area contributed by atoms with Gasteiger partial charge in [-0.3, -0.25) is 0 Å². The van der Waals surface area contributed by atoms with Gasteiger partial charge in [0.1, 0.15) is 0 Å². The maximum atomic E-state index is 6.33. The molecule has 0 amide bonds. The molecule has 0 aromatic heterocycles. The first kappa shape index (κ1) is 13.6. The van der Waals surface area contributed by atoms with Crippen molar-refractivity contribution in [1.82, 2.24) is 0 Å². The topological polar surface area (TPSA) is 26.0 Å². The number of fused-ring (bicyclic) bond motifs is 1. The van der Waals surface area contributed by atoms with Crippen LogP contribution in [0.15, 0.2) is 42.5 Å². The summed E-state index contributed by atoms with van der Waals surface area (Å²) in [5.41, 5.74) is 7.71. The van der Waals surface area contributed by atoms with Crippen LogP contribution in [0.1, 0.15) is 44.1 Å². The van der Waals surface area contributed by atoms with Gasteiger partial charge in [-0.05, 0) is 41.5 Å². The Morgan fingerprint density at radius 1 is 1.00 bits per heavy atom. The molecule has 2 N–H and O–H groups in total. The lowest BCUT2D eigenvalue weighted by Gasteiger charge is -2.15. The summed E-state index contributed by atoms with van der Waals surface area (Å²) in [4.78, 5) is 0. The SMILES string of the molecule is NC(CCC1CCCC1)Cc1ccc2ccccc2c1. The van der Waals surface area contributed by atoms with Crippen molar-refractivity contribution in [2.24, 2.45) is 11.7 Å². The first-order valence-corrected chi connectivity index (χ1v) is 8.04. The molecule has 1 aliphatic rings. The van der Waals surface area contributed by atoms with Gasteiger partial charge in [-0.15, -0.1) is 0 Å². The van der Waals surface area contributed by atoms with Gasteiger partial charge in [-0.2, -0.15) is 0 Å². The lowest BCUT2D eigenvalue weighted by molar-refractivity contribution is 0.447. The number of benzene rings is 2. The Balaban J connectivity index is 1.57. The third-order valence-electron chi connectivity index (χ3n) is 4.73. The molecule has 1 atom stereocenters. The summed E-state index contributed by atoms with van der Waals surface area (Å²) in [7, 11) is 0. The standard InChI is InChI=1S/C19H25N/c20-19(12-10-15-5-1-2-6-15)14-16-9-11-17-7-3-4-8-18(17)13-16/h3-4,7-9,11,13,15,19H,1-2,5-6,10,12,14,20H2. The van der Waals surface area contributed by atoms with Gasteiger partial charge >= 0.3 is 0 Å². The van der Waals surface area contributed by atoms with Crippen LogP contribution >= 0.6 is 0 Å². The summed E-state index contributed by atoms with van der Waals surface area (Å²) < 4.78 is 0. The maximum absolute atomic E-state index is 6.33. The van der Waals surface area contributed by atoms with E-state index in [1.165, 1.54) is 54.9 Å². The second kappa shape index (κ2) is 6.41. The summed E-state index contributed by atoms with van der Waals surface area (Å²) in [6, 6.07) is 15.6. The Hall–Kier alpha value is -1.34. The van der Waals surface area contributed by atoms with Crippen molar-refractivity contribution in [2.75, 3.05) is 0 Å². The maximum Gasteiger partial charge on any atom is 0.00794 e. The van der Waals surface area contributed by atoms with Gasteiger partial charge in [0.25, 0.3) is 0 Å². The van der Waals surface area contributed by atoms with Gasteiger partial charge in [0.2, 0.25) is 0 Å². The van der Waals surface area contributed by atoms with Crippen LogP contribution < -0.4 is 5.73 Å². The van der Waals surface area contributed by atoms with Gasteiger partial charge in [0.15, 0.2) is 0 Å². The zero-order valence-corrected chi connectivity index (χ0v) is 12.2. The van der Waals surface area contributed by atoms with Gasteiger partial charge in [-0.1, -0.05) is 68.1 Å². The summed E-state index contributed by atoms with van der Waals surface area (Å²) in [6.07, 6.45) is 9.25. The van der Waals surface area contributed by atoms with Gasteiger partial charge < -0.3 is 5.73 Å². The number of hydrogen-bond acceptors (Lipinski definition) is 1. The summed E-state index contributed by atoms with van der Waals surface area (Å²) in [5, 5.41) is 2.64. The summed E-state index contributed by atoms with van der Waals surface area (Å²) in [5.74, 6) is 0.956. The fourth-order valence-electron chi connectivity index (χ4n) is 3.52. The van der Waals surface area contributed by atoms with Crippen LogP contribution in [0.25, 0.3) is 10.8 Å². The lowest BCUT2D eigenvalue weighted by atomic mass is 9.95. The molecule has 0 saturated heterocycles. The van der Waals surface area contributed by atoms with Crippen LogP contribution in [-0.4, -0.2) is 6.04 Å². The van der Waals surface area contributed by atoms with Gasteiger partial charge in [0, 0.05) is 6.04 Å². The first-order chi connectivity index (χ1) is 9.81. The van der Waals surface area contributed by atoms with E-state index in [-0.39, 0.29) is 0 Å². The minimum absolute atomic E-state index is 0.316. The second-order valence-corrected chi connectivity index (χ2v) is 6.37. The number of nitrogens with two attached hydrogens (primary N) is 1. The van der Waals surface area contributed by atoms with Crippen molar-refractivity contribution in [3.05, 3.63) is 48.0 Å². The van der Waals surface area contributed by atoms with E-state index in [1.807, 2.05) is 0 Å². The quantitative estimate of drug-likeness (QED) is 0.836. The molecule has 1 nitrogen and oxygen atoms in total. The Labute approximate surface area is 122 Å². The van der Waals surface area contributed by atoms with Crippen molar-refractivity contribution < 1.29 is 0 Å².